The van der Waals surface area contributed by atoms with Crippen molar-refractivity contribution in [1.82, 2.24) is 4.90 Å². The maximum absolute atomic E-state index is 12.8. The molecule has 1 aromatic carbocycles. The molecule has 5 nitrogen and oxygen atoms in total. The monoisotopic (exact) mass is 361 g/mol. The first-order chi connectivity index (χ1) is 11.9. The van der Waals surface area contributed by atoms with Crippen molar-refractivity contribution in [2.24, 2.45) is 0 Å². The van der Waals surface area contributed by atoms with Gasteiger partial charge < -0.3 is 9.32 Å². The van der Waals surface area contributed by atoms with Gasteiger partial charge in [-0.3, -0.25) is 4.79 Å². The van der Waals surface area contributed by atoms with Crippen LogP contribution in [-0.4, -0.2) is 36.8 Å². The lowest BCUT2D eigenvalue weighted by atomic mass is 10.0. The molecule has 134 valence electrons. The summed E-state index contributed by atoms with van der Waals surface area (Å²) in [6.45, 7) is 4.63. The Morgan fingerprint density at radius 1 is 1.24 bits per heavy atom. The van der Waals surface area contributed by atoms with Crippen molar-refractivity contribution in [2.45, 2.75) is 38.8 Å². The standard InChI is InChI=1S/C19H23NO4S/c1-14(2)16-7-5-15(6-8-16)12-20(17-9-11-25(22,23)13-17)19(21)18-4-3-10-24-18/h3-8,10,14,17H,9,11-13H2,1-2H3/t17-/m0/s1. The number of rotatable bonds is 5. The molecule has 1 aliphatic heterocycles. The SMILES string of the molecule is CC(C)c1ccc(CN(C(=O)c2ccco2)[C@H]2CCS(=O)(=O)C2)cc1. The summed E-state index contributed by atoms with van der Waals surface area (Å²) in [5.74, 6) is 0.563. The van der Waals surface area contributed by atoms with Crippen LogP contribution in [0.15, 0.2) is 47.1 Å². The Morgan fingerprint density at radius 2 is 1.96 bits per heavy atom. The number of carbonyl (C=O) groups is 1. The molecule has 2 heterocycles. The number of amides is 1. The van der Waals surface area contributed by atoms with Gasteiger partial charge in [-0.1, -0.05) is 38.1 Å². The van der Waals surface area contributed by atoms with Crippen LogP contribution < -0.4 is 0 Å². The largest absolute Gasteiger partial charge is 0.459 e. The van der Waals surface area contributed by atoms with Gasteiger partial charge in [-0.25, -0.2) is 8.42 Å². The quantitative estimate of drug-likeness (QED) is 0.820. The van der Waals surface area contributed by atoms with E-state index in [2.05, 4.69) is 26.0 Å². The lowest BCUT2D eigenvalue weighted by molar-refractivity contribution is 0.0648. The van der Waals surface area contributed by atoms with Crippen LogP contribution in [0, 0.1) is 0 Å². The van der Waals surface area contributed by atoms with E-state index in [0.29, 0.717) is 18.9 Å². The van der Waals surface area contributed by atoms with E-state index in [-0.39, 0.29) is 29.2 Å². The number of hydrogen-bond donors (Lipinski definition) is 0. The Bertz CT molecular complexity index is 823. The molecule has 0 radical (unpaired) electrons. The highest BCUT2D eigenvalue weighted by Crippen LogP contribution is 2.23. The molecule has 3 rings (SSSR count). The van der Waals surface area contributed by atoms with E-state index in [9.17, 15) is 13.2 Å². The molecule has 0 saturated carbocycles. The lowest BCUT2D eigenvalue weighted by Crippen LogP contribution is -2.40. The van der Waals surface area contributed by atoms with Crippen LogP contribution in [0.3, 0.4) is 0 Å². The summed E-state index contributed by atoms with van der Waals surface area (Å²) < 4.78 is 29.0. The van der Waals surface area contributed by atoms with Crippen molar-refractivity contribution < 1.29 is 17.6 Å². The van der Waals surface area contributed by atoms with Crippen LogP contribution in [0.5, 0.6) is 0 Å². The maximum atomic E-state index is 12.8. The summed E-state index contributed by atoms with van der Waals surface area (Å²) in [6.07, 6.45) is 1.92. The Balaban J connectivity index is 1.84. The summed E-state index contributed by atoms with van der Waals surface area (Å²) >= 11 is 0. The zero-order valence-electron chi connectivity index (χ0n) is 14.5. The molecule has 0 spiro atoms. The lowest BCUT2D eigenvalue weighted by Gasteiger charge is -2.27. The Labute approximate surface area is 148 Å². The summed E-state index contributed by atoms with van der Waals surface area (Å²) in [4.78, 5) is 14.5. The third-order valence-corrected chi connectivity index (χ3v) is 6.39. The van der Waals surface area contributed by atoms with Crippen molar-refractivity contribution in [3.8, 4) is 0 Å². The van der Waals surface area contributed by atoms with E-state index < -0.39 is 9.84 Å². The van der Waals surface area contributed by atoms with E-state index in [1.165, 1.54) is 11.8 Å². The first-order valence-electron chi connectivity index (χ1n) is 8.49. The first-order valence-corrected chi connectivity index (χ1v) is 10.3. The zero-order valence-corrected chi connectivity index (χ0v) is 15.3. The van der Waals surface area contributed by atoms with Crippen LogP contribution in [-0.2, 0) is 16.4 Å². The van der Waals surface area contributed by atoms with Crippen LogP contribution in [0.4, 0.5) is 0 Å². The summed E-state index contributed by atoms with van der Waals surface area (Å²) in [7, 11) is -3.08. The second-order valence-electron chi connectivity index (χ2n) is 6.86. The van der Waals surface area contributed by atoms with Gasteiger partial charge >= 0.3 is 0 Å². The predicted octanol–water partition coefficient (Wildman–Crippen LogP) is 3.23. The molecule has 0 N–H and O–H groups in total. The molecule has 1 atom stereocenters. The van der Waals surface area contributed by atoms with Crippen molar-refractivity contribution in [2.75, 3.05) is 11.5 Å². The number of furan rings is 1. The van der Waals surface area contributed by atoms with Gasteiger partial charge in [0.1, 0.15) is 0 Å². The number of sulfone groups is 1. The third-order valence-electron chi connectivity index (χ3n) is 4.64. The van der Waals surface area contributed by atoms with Crippen LogP contribution >= 0.6 is 0 Å². The number of benzene rings is 1. The van der Waals surface area contributed by atoms with Gasteiger partial charge in [0.15, 0.2) is 15.6 Å². The molecule has 0 unspecified atom stereocenters. The molecular weight excluding hydrogens is 338 g/mol. The molecule has 1 aromatic heterocycles. The highest BCUT2D eigenvalue weighted by molar-refractivity contribution is 7.91. The van der Waals surface area contributed by atoms with Crippen LogP contribution in [0.25, 0.3) is 0 Å². The third kappa shape index (κ3) is 4.12. The maximum Gasteiger partial charge on any atom is 0.290 e. The van der Waals surface area contributed by atoms with Gasteiger partial charge in [-0.2, -0.15) is 0 Å². The van der Waals surface area contributed by atoms with Gasteiger partial charge in [0, 0.05) is 12.6 Å². The molecule has 6 heteroatoms. The average molecular weight is 361 g/mol. The van der Waals surface area contributed by atoms with Crippen molar-refractivity contribution in [1.29, 1.82) is 0 Å². The van der Waals surface area contributed by atoms with E-state index in [4.69, 9.17) is 4.42 Å². The van der Waals surface area contributed by atoms with E-state index in [1.54, 1.807) is 17.0 Å². The first kappa shape index (κ1) is 17.7. The molecule has 2 aromatic rings. The molecule has 1 saturated heterocycles. The number of carbonyl (C=O) groups excluding carboxylic acids is 1. The minimum Gasteiger partial charge on any atom is -0.459 e. The van der Waals surface area contributed by atoms with E-state index in [1.807, 2.05) is 12.1 Å². The van der Waals surface area contributed by atoms with E-state index >= 15 is 0 Å². The van der Waals surface area contributed by atoms with Crippen molar-refractivity contribution >= 4 is 15.7 Å². The highest BCUT2D eigenvalue weighted by Gasteiger charge is 2.35. The second-order valence-corrected chi connectivity index (χ2v) is 9.09. The van der Waals surface area contributed by atoms with Crippen LogP contribution in [0.1, 0.15) is 47.9 Å². The molecule has 1 amide bonds. The molecular formula is C19H23NO4S. The van der Waals surface area contributed by atoms with E-state index in [0.717, 1.165) is 5.56 Å². The van der Waals surface area contributed by atoms with Gasteiger partial charge in [-0.15, -0.1) is 0 Å². The van der Waals surface area contributed by atoms with Gasteiger partial charge in [0.2, 0.25) is 0 Å². The summed E-state index contributed by atoms with van der Waals surface area (Å²) in [5, 5.41) is 0. The van der Waals surface area contributed by atoms with Gasteiger partial charge in [0.25, 0.3) is 5.91 Å². The number of nitrogens with zero attached hydrogens (tertiary/aromatic N) is 1. The van der Waals surface area contributed by atoms with Crippen LogP contribution in [0.2, 0.25) is 0 Å². The normalized spacial score (nSPS) is 19.2. The topological polar surface area (TPSA) is 67.6 Å². The van der Waals surface area contributed by atoms with Crippen molar-refractivity contribution in [3.63, 3.8) is 0 Å². The molecule has 1 aliphatic rings. The molecule has 0 aliphatic carbocycles. The fourth-order valence-electron chi connectivity index (χ4n) is 3.13. The minimum atomic E-state index is -3.08. The highest BCUT2D eigenvalue weighted by atomic mass is 32.2. The molecule has 1 fully saturated rings. The average Bonchev–Trinajstić information content (AvgIpc) is 3.22. The fourth-order valence-corrected chi connectivity index (χ4v) is 4.87. The smallest absolute Gasteiger partial charge is 0.290 e. The van der Waals surface area contributed by atoms with Crippen molar-refractivity contribution in [3.05, 3.63) is 59.5 Å². The fraction of sp³-hybridized carbons (Fsp3) is 0.421. The predicted molar refractivity (Wildman–Crippen MR) is 96.2 cm³/mol. The van der Waals surface area contributed by atoms with Gasteiger partial charge in [-0.05, 0) is 35.6 Å². The Morgan fingerprint density at radius 3 is 2.48 bits per heavy atom. The number of hydrogen-bond acceptors (Lipinski definition) is 4. The van der Waals surface area contributed by atoms with Gasteiger partial charge in [0.05, 0.1) is 17.8 Å². The Hall–Kier alpha value is -2.08. The molecule has 25 heavy (non-hydrogen) atoms. The summed E-state index contributed by atoms with van der Waals surface area (Å²) in [6, 6.07) is 11.1. The molecule has 0 bridgehead atoms. The Kier molecular flexibility index (Phi) is 4.99. The summed E-state index contributed by atoms with van der Waals surface area (Å²) in [5.41, 5.74) is 2.21. The minimum absolute atomic E-state index is 0.0174. The zero-order chi connectivity index (χ0) is 18.0. The second kappa shape index (κ2) is 7.04.